The molecular weight excluding hydrogens is 1000 g/mol. The van der Waals surface area contributed by atoms with Gasteiger partial charge in [0.25, 0.3) is 0 Å². The Kier molecular flexibility index (Phi) is 19.0. The van der Waals surface area contributed by atoms with E-state index in [1.54, 1.807) is 0 Å². The molecule has 0 aliphatic rings. The van der Waals surface area contributed by atoms with Crippen molar-refractivity contribution < 1.29 is 18.3 Å². The molecule has 0 bridgehead atoms. The molecule has 0 fully saturated rings. The number of rotatable bonds is 8. The number of aryl methyl sites for hydroxylation is 11. The minimum atomic E-state index is 1.24. The average Bonchev–Trinajstić information content (AvgIpc) is 3.59. The smallest absolute Gasteiger partial charge is 0.200 e. The Morgan fingerprint density at radius 2 is 0.446 bits per heavy atom. The van der Waals surface area contributed by atoms with E-state index in [0.29, 0.717) is 0 Å². The Balaban J connectivity index is 0.000000133. The van der Waals surface area contributed by atoms with Gasteiger partial charge in [0.15, 0.2) is 24.8 Å². The van der Waals surface area contributed by atoms with Gasteiger partial charge < -0.3 is 0 Å². The highest BCUT2D eigenvalue weighted by Gasteiger charge is 2.17. The molecule has 12 aromatic rings. The van der Waals surface area contributed by atoms with Gasteiger partial charge in [0.1, 0.15) is 28.2 Å². The Labute approximate surface area is 494 Å². The maximum Gasteiger partial charge on any atom is 0.212 e. The molecule has 0 saturated carbocycles. The Morgan fingerprint density at radius 1 is 0.193 bits per heavy atom. The summed E-state index contributed by atoms with van der Waals surface area (Å²) in [5.41, 5.74) is 29.2. The van der Waals surface area contributed by atoms with Crippen LogP contribution >= 0.6 is 0 Å². The summed E-state index contributed by atoms with van der Waals surface area (Å²) < 4.78 is 8.82. The molecular formula is C79H78N4+4. The summed E-state index contributed by atoms with van der Waals surface area (Å²) in [4.78, 5) is 0. The van der Waals surface area contributed by atoms with Crippen molar-refractivity contribution in [1.82, 2.24) is 0 Å². The molecule has 410 valence electrons. The van der Waals surface area contributed by atoms with Crippen LogP contribution in [0.3, 0.4) is 0 Å². The average molecular weight is 1080 g/mol. The minimum absolute atomic E-state index is 1.24. The molecule has 0 atom stereocenters. The van der Waals surface area contributed by atoms with Gasteiger partial charge in [-0.1, -0.05) is 193 Å². The molecule has 4 nitrogen and oxygen atoms in total. The summed E-state index contributed by atoms with van der Waals surface area (Å²) in [5.74, 6) is 0. The summed E-state index contributed by atoms with van der Waals surface area (Å²) in [6.45, 7) is 15.0. The molecule has 0 aliphatic heterocycles. The topological polar surface area (TPSA) is 15.5 Å². The summed E-state index contributed by atoms with van der Waals surface area (Å²) in [6.07, 6.45) is 8.80. The van der Waals surface area contributed by atoms with Crippen molar-refractivity contribution in [2.75, 3.05) is 0 Å². The second kappa shape index (κ2) is 27.2. The lowest BCUT2D eigenvalue weighted by Gasteiger charge is -2.06. The van der Waals surface area contributed by atoms with Crippen LogP contribution in [0.4, 0.5) is 0 Å². The van der Waals surface area contributed by atoms with Crippen LogP contribution in [0.15, 0.2) is 274 Å². The van der Waals surface area contributed by atoms with Crippen LogP contribution in [0.5, 0.6) is 0 Å². The van der Waals surface area contributed by atoms with Crippen molar-refractivity contribution in [1.29, 1.82) is 0 Å². The third kappa shape index (κ3) is 14.7. The van der Waals surface area contributed by atoms with E-state index in [0.717, 1.165) is 0 Å². The lowest BCUT2D eigenvalue weighted by atomic mass is 10.0. The van der Waals surface area contributed by atoms with Crippen molar-refractivity contribution in [2.24, 2.45) is 28.2 Å². The first-order valence-electron chi connectivity index (χ1n) is 28.7. The predicted octanol–water partition coefficient (Wildman–Crippen LogP) is 17.5. The molecule has 0 radical (unpaired) electrons. The minimum Gasteiger partial charge on any atom is -0.200 e. The van der Waals surface area contributed by atoms with Crippen LogP contribution in [0.2, 0.25) is 0 Å². The molecule has 4 heterocycles. The molecule has 0 saturated heterocycles. The van der Waals surface area contributed by atoms with E-state index in [-0.39, 0.29) is 0 Å². The van der Waals surface area contributed by atoms with Crippen LogP contribution in [0.1, 0.15) is 38.9 Å². The SMILES string of the molecule is Cc1ccc(-c2ccc(-c3ccccc3C)[n+](C)c2)cc1.Cc1cccc(-c2ccc(-c3ccccc3C)[n+](C)c2)c1.Cc1cccc(-c2ccc(-c3ccccc3C)[n+](C)c2)c1.Cc1ccccc1-c1ccc(-c2ccccc2)c[n+]1C. The fourth-order valence-corrected chi connectivity index (χ4v) is 10.7. The van der Waals surface area contributed by atoms with E-state index < -0.39 is 0 Å². The third-order valence-electron chi connectivity index (χ3n) is 15.4. The number of hydrogen-bond acceptors (Lipinski definition) is 0. The Morgan fingerprint density at radius 3 is 0.735 bits per heavy atom. The molecule has 83 heavy (non-hydrogen) atoms. The van der Waals surface area contributed by atoms with E-state index in [9.17, 15) is 0 Å². The number of pyridine rings is 4. The largest absolute Gasteiger partial charge is 0.212 e. The molecule has 12 rings (SSSR count). The van der Waals surface area contributed by atoms with Crippen LogP contribution in [0.25, 0.3) is 89.5 Å². The van der Waals surface area contributed by atoms with E-state index >= 15 is 0 Å². The summed E-state index contributed by atoms with van der Waals surface area (Å²) in [6, 6.07) is 88.1. The van der Waals surface area contributed by atoms with Crippen LogP contribution in [0, 0.1) is 48.5 Å². The fourth-order valence-electron chi connectivity index (χ4n) is 10.7. The number of benzene rings is 8. The van der Waals surface area contributed by atoms with Gasteiger partial charge in [-0.2, -0.15) is 0 Å². The Bertz CT molecular complexity index is 4020. The van der Waals surface area contributed by atoms with Gasteiger partial charge in [-0.25, -0.2) is 18.3 Å². The first-order valence-corrected chi connectivity index (χ1v) is 28.7. The van der Waals surface area contributed by atoms with Crippen LogP contribution in [-0.4, -0.2) is 0 Å². The number of nitrogens with zero attached hydrogens (tertiary/aromatic N) is 4. The molecule has 0 N–H and O–H groups in total. The summed E-state index contributed by atoms with van der Waals surface area (Å²) >= 11 is 0. The molecule has 0 spiro atoms. The molecule has 0 unspecified atom stereocenters. The van der Waals surface area contributed by atoms with Crippen molar-refractivity contribution in [3.8, 4) is 89.5 Å². The predicted molar refractivity (Wildman–Crippen MR) is 347 cm³/mol. The van der Waals surface area contributed by atoms with E-state index in [2.05, 4.69) is 362 Å². The molecule has 4 aromatic heterocycles. The maximum atomic E-state index is 2.22. The number of hydrogen-bond donors (Lipinski definition) is 0. The Hall–Kier alpha value is -9.64. The zero-order valence-electron chi connectivity index (χ0n) is 50.3. The zero-order valence-corrected chi connectivity index (χ0v) is 50.3. The first-order chi connectivity index (χ1) is 40.2. The fraction of sp³-hybridized carbons (Fsp3) is 0.139. The van der Waals surface area contributed by atoms with Gasteiger partial charge in [0.05, 0.1) is 0 Å². The molecule has 8 aromatic carbocycles. The van der Waals surface area contributed by atoms with Crippen LogP contribution in [-0.2, 0) is 28.2 Å². The first kappa shape index (κ1) is 58.0. The lowest BCUT2D eigenvalue weighted by molar-refractivity contribution is -0.660. The van der Waals surface area contributed by atoms with Gasteiger partial charge in [-0.15, -0.1) is 0 Å². The van der Waals surface area contributed by atoms with Crippen molar-refractivity contribution >= 4 is 0 Å². The highest BCUT2D eigenvalue weighted by Crippen LogP contribution is 2.28. The highest BCUT2D eigenvalue weighted by atomic mass is 14.9. The standard InChI is InChI=1S/3C20H20N.C19H18N/c2*1-15-7-6-9-17(13-15)18-11-12-20(21(3)14-18)19-10-5-4-8-16(19)2;1-15-8-10-17(11-9-15)18-12-13-20(21(3)14-18)19-7-5-4-6-16(19)2;1-15-8-6-7-11-18(15)19-13-12-17(14-20(19)2)16-9-4-3-5-10-16/h3*4-14H,1-3H3;3-14H,1-2H3/q4*+1. The lowest BCUT2D eigenvalue weighted by Crippen LogP contribution is -2.30. The normalized spacial score (nSPS) is 10.6. The molecule has 0 aliphatic carbocycles. The van der Waals surface area contributed by atoms with Crippen molar-refractivity contribution in [3.05, 3.63) is 312 Å². The van der Waals surface area contributed by atoms with E-state index in [1.165, 1.54) is 128 Å². The highest BCUT2D eigenvalue weighted by molar-refractivity contribution is 5.70. The van der Waals surface area contributed by atoms with E-state index in [4.69, 9.17) is 0 Å². The summed E-state index contributed by atoms with van der Waals surface area (Å²) in [7, 11) is 8.44. The van der Waals surface area contributed by atoms with Crippen molar-refractivity contribution in [2.45, 2.75) is 48.5 Å². The second-order valence-electron chi connectivity index (χ2n) is 21.9. The molecule has 4 heteroatoms. The monoisotopic (exact) mass is 1080 g/mol. The second-order valence-corrected chi connectivity index (χ2v) is 21.9. The van der Waals surface area contributed by atoms with E-state index in [1.807, 2.05) is 6.07 Å². The molecule has 0 amide bonds. The van der Waals surface area contributed by atoms with Crippen molar-refractivity contribution in [3.63, 3.8) is 0 Å². The summed E-state index contributed by atoms with van der Waals surface area (Å²) in [5, 5.41) is 0. The number of aromatic nitrogens is 4. The quantitative estimate of drug-likeness (QED) is 0.135. The van der Waals surface area contributed by atoms with Gasteiger partial charge >= 0.3 is 0 Å². The van der Waals surface area contributed by atoms with Gasteiger partial charge in [0, 0.05) is 68.8 Å². The van der Waals surface area contributed by atoms with Crippen LogP contribution < -0.4 is 18.3 Å². The van der Waals surface area contributed by atoms with Gasteiger partial charge in [-0.3, -0.25) is 0 Å². The maximum absolute atomic E-state index is 2.22. The third-order valence-corrected chi connectivity index (χ3v) is 15.4. The zero-order chi connectivity index (χ0) is 58.4. The van der Waals surface area contributed by atoms with Gasteiger partial charge in [0.2, 0.25) is 22.8 Å². The van der Waals surface area contributed by atoms with Gasteiger partial charge in [-0.05, 0) is 142 Å².